The number of carbonyl (C=O) groups is 1. The van der Waals surface area contributed by atoms with Crippen molar-refractivity contribution in [3.05, 3.63) is 59.1 Å². The van der Waals surface area contributed by atoms with E-state index in [4.69, 9.17) is 4.74 Å². The number of thiazole rings is 1. The molecule has 3 heterocycles. The zero-order valence-electron chi connectivity index (χ0n) is 13.1. The van der Waals surface area contributed by atoms with Gasteiger partial charge in [0, 0.05) is 30.6 Å². The molecule has 4 rings (SSSR count). The van der Waals surface area contributed by atoms with Crippen LogP contribution in [0.1, 0.15) is 15.2 Å². The normalized spacial score (nSPS) is 13.7. The van der Waals surface area contributed by atoms with Crippen LogP contribution in [0.25, 0.3) is 10.8 Å². The van der Waals surface area contributed by atoms with Gasteiger partial charge in [0.25, 0.3) is 5.91 Å². The second-order valence-corrected chi connectivity index (χ2v) is 6.46. The van der Waals surface area contributed by atoms with E-state index in [0.29, 0.717) is 41.2 Å². The van der Waals surface area contributed by atoms with E-state index in [1.165, 1.54) is 29.7 Å². The third-order valence-corrected chi connectivity index (χ3v) is 4.75. The maximum absolute atomic E-state index is 13.3. The lowest BCUT2D eigenvalue weighted by atomic mass is 10.2. The van der Waals surface area contributed by atoms with Crippen molar-refractivity contribution >= 4 is 17.2 Å². The summed E-state index contributed by atoms with van der Waals surface area (Å²) in [6.07, 6.45) is 4.80. The van der Waals surface area contributed by atoms with Crippen molar-refractivity contribution in [2.75, 3.05) is 13.2 Å². The van der Waals surface area contributed by atoms with E-state index in [9.17, 15) is 9.18 Å². The van der Waals surface area contributed by atoms with E-state index in [1.54, 1.807) is 29.4 Å². The first-order valence-electron chi connectivity index (χ1n) is 7.64. The zero-order valence-corrected chi connectivity index (χ0v) is 13.9. The fourth-order valence-corrected chi connectivity index (χ4v) is 3.39. The van der Waals surface area contributed by atoms with E-state index in [0.717, 1.165) is 5.56 Å². The number of nitrogens with zero attached hydrogens (tertiary/aromatic N) is 4. The third-order valence-electron chi connectivity index (χ3n) is 3.77. The summed E-state index contributed by atoms with van der Waals surface area (Å²) in [6.45, 7) is 1.10. The van der Waals surface area contributed by atoms with Crippen LogP contribution in [0.3, 0.4) is 0 Å². The highest BCUT2D eigenvalue weighted by atomic mass is 32.1. The zero-order chi connectivity index (χ0) is 17.2. The van der Waals surface area contributed by atoms with Gasteiger partial charge >= 0.3 is 0 Å². The SMILES string of the molecule is O=C(c1cnc(-c2ncccn2)s1)N1CCOc2cc(F)ccc2C1. The second kappa shape index (κ2) is 6.56. The minimum Gasteiger partial charge on any atom is -0.491 e. The number of benzene rings is 1. The number of hydrogen-bond donors (Lipinski definition) is 0. The van der Waals surface area contributed by atoms with Crippen LogP contribution in [0.2, 0.25) is 0 Å². The van der Waals surface area contributed by atoms with Gasteiger partial charge in [0.2, 0.25) is 0 Å². The van der Waals surface area contributed by atoms with Gasteiger partial charge in [-0.1, -0.05) is 6.07 Å². The summed E-state index contributed by atoms with van der Waals surface area (Å²) < 4.78 is 18.9. The van der Waals surface area contributed by atoms with Gasteiger partial charge in [-0.2, -0.15) is 0 Å². The van der Waals surface area contributed by atoms with Crippen LogP contribution >= 0.6 is 11.3 Å². The average Bonchev–Trinajstić information content (AvgIpc) is 3.03. The van der Waals surface area contributed by atoms with Gasteiger partial charge in [-0.05, 0) is 12.1 Å². The molecule has 0 spiro atoms. The smallest absolute Gasteiger partial charge is 0.266 e. The first-order valence-corrected chi connectivity index (χ1v) is 8.46. The van der Waals surface area contributed by atoms with Crippen LogP contribution in [0.4, 0.5) is 4.39 Å². The Kier molecular flexibility index (Phi) is 4.10. The fraction of sp³-hybridized carbons (Fsp3) is 0.176. The van der Waals surface area contributed by atoms with Gasteiger partial charge in [-0.3, -0.25) is 4.79 Å². The Morgan fingerprint density at radius 2 is 2.08 bits per heavy atom. The predicted octanol–water partition coefficient (Wildman–Crippen LogP) is 2.77. The predicted molar refractivity (Wildman–Crippen MR) is 89.8 cm³/mol. The van der Waals surface area contributed by atoms with Crippen molar-refractivity contribution in [3.8, 4) is 16.6 Å². The summed E-state index contributed by atoms with van der Waals surface area (Å²) >= 11 is 1.25. The van der Waals surface area contributed by atoms with Gasteiger partial charge in [-0.25, -0.2) is 19.3 Å². The minimum atomic E-state index is -0.353. The van der Waals surface area contributed by atoms with Gasteiger partial charge in [0.15, 0.2) is 10.8 Å². The third kappa shape index (κ3) is 3.20. The van der Waals surface area contributed by atoms with Crippen LogP contribution < -0.4 is 4.74 Å². The maximum atomic E-state index is 13.3. The molecule has 0 bridgehead atoms. The molecule has 0 aliphatic carbocycles. The Morgan fingerprint density at radius 1 is 1.24 bits per heavy atom. The number of fused-ring (bicyclic) bond motifs is 1. The molecule has 8 heteroatoms. The highest BCUT2D eigenvalue weighted by Gasteiger charge is 2.23. The van der Waals surface area contributed by atoms with E-state index in [2.05, 4.69) is 15.0 Å². The monoisotopic (exact) mass is 356 g/mol. The molecule has 3 aromatic rings. The minimum absolute atomic E-state index is 0.138. The topological polar surface area (TPSA) is 68.2 Å². The lowest BCUT2D eigenvalue weighted by molar-refractivity contribution is 0.0738. The van der Waals surface area contributed by atoms with E-state index in [1.807, 2.05) is 0 Å². The molecule has 6 nitrogen and oxygen atoms in total. The molecule has 2 aromatic heterocycles. The Balaban J connectivity index is 1.57. The molecular formula is C17H13FN4O2S. The Labute approximate surface area is 146 Å². The Morgan fingerprint density at radius 3 is 2.92 bits per heavy atom. The van der Waals surface area contributed by atoms with Crippen molar-refractivity contribution in [3.63, 3.8) is 0 Å². The van der Waals surface area contributed by atoms with Crippen LogP contribution in [-0.2, 0) is 6.54 Å². The number of halogens is 1. The molecular weight excluding hydrogens is 343 g/mol. The number of aromatic nitrogens is 3. The maximum Gasteiger partial charge on any atom is 0.266 e. The van der Waals surface area contributed by atoms with Gasteiger partial charge in [0.05, 0.1) is 12.7 Å². The first kappa shape index (κ1) is 15.6. The molecule has 0 fully saturated rings. The molecule has 0 unspecified atom stereocenters. The van der Waals surface area contributed by atoms with Crippen molar-refractivity contribution in [1.82, 2.24) is 19.9 Å². The second-order valence-electron chi connectivity index (χ2n) is 5.43. The molecule has 1 aliphatic rings. The molecule has 126 valence electrons. The first-order chi connectivity index (χ1) is 12.2. The lowest BCUT2D eigenvalue weighted by Gasteiger charge is -2.18. The standard InChI is InChI=1S/C17H13FN4O2S/c18-12-3-2-11-10-22(6-7-24-13(11)8-12)17(23)14-9-21-16(25-14)15-19-4-1-5-20-15/h1-5,8-9H,6-7,10H2. The molecule has 1 aromatic carbocycles. The van der Waals surface area contributed by atoms with Gasteiger partial charge < -0.3 is 9.64 Å². The highest BCUT2D eigenvalue weighted by molar-refractivity contribution is 7.16. The van der Waals surface area contributed by atoms with Crippen LogP contribution in [0.5, 0.6) is 5.75 Å². The van der Waals surface area contributed by atoms with Crippen molar-refractivity contribution in [2.24, 2.45) is 0 Å². The number of ether oxygens (including phenoxy) is 1. The molecule has 0 saturated carbocycles. The van der Waals surface area contributed by atoms with Crippen LogP contribution in [-0.4, -0.2) is 38.9 Å². The number of carbonyl (C=O) groups excluding carboxylic acids is 1. The summed E-state index contributed by atoms with van der Waals surface area (Å²) in [5, 5.41) is 0.595. The molecule has 0 saturated heterocycles. The van der Waals surface area contributed by atoms with Gasteiger partial charge in [-0.15, -0.1) is 11.3 Å². The summed E-state index contributed by atoms with van der Waals surface area (Å²) in [4.78, 5) is 27.5. The number of rotatable bonds is 2. The Hall–Kier alpha value is -2.87. The molecule has 25 heavy (non-hydrogen) atoms. The largest absolute Gasteiger partial charge is 0.491 e. The highest BCUT2D eigenvalue weighted by Crippen LogP contribution is 2.27. The number of hydrogen-bond acceptors (Lipinski definition) is 6. The average molecular weight is 356 g/mol. The molecule has 1 amide bonds. The Bertz CT molecular complexity index is 916. The lowest BCUT2D eigenvalue weighted by Crippen LogP contribution is -2.31. The summed E-state index contributed by atoms with van der Waals surface area (Å²) in [6, 6.07) is 6.08. The number of amides is 1. The van der Waals surface area contributed by atoms with Crippen molar-refractivity contribution in [2.45, 2.75) is 6.54 Å². The molecule has 0 atom stereocenters. The van der Waals surface area contributed by atoms with E-state index in [-0.39, 0.29) is 11.7 Å². The van der Waals surface area contributed by atoms with E-state index < -0.39 is 0 Å². The van der Waals surface area contributed by atoms with E-state index >= 15 is 0 Å². The van der Waals surface area contributed by atoms with Gasteiger partial charge in [0.1, 0.15) is 23.1 Å². The summed E-state index contributed by atoms with van der Waals surface area (Å²) in [5.41, 5.74) is 0.781. The molecule has 0 N–H and O–H groups in total. The summed E-state index contributed by atoms with van der Waals surface area (Å²) in [5.74, 6) is 0.485. The van der Waals surface area contributed by atoms with Crippen LogP contribution in [0, 0.1) is 5.82 Å². The fourth-order valence-electron chi connectivity index (χ4n) is 2.56. The quantitative estimate of drug-likeness (QED) is 0.706. The molecule has 0 radical (unpaired) electrons. The molecule has 1 aliphatic heterocycles. The van der Waals surface area contributed by atoms with Crippen molar-refractivity contribution in [1.29, 1.82) is 0 Å². The summed E-state index contributed by atoms with van der Waals surface area (Å²) in [7, 11) is 0. The van der Waals surface area contributed by atoms with Crippen molar-refractivity contribution < 1.29 is 13.9 Å². The van der Waals surface area contributed by atoms with Crippen LogP contribution in [0.15, 0.2) is 42.9 Å².